The summed E-state index contributed by atoms with van der Waals surface area (Å²) in [6.45, 7) is 8.49. The number of hydrogen-bond donors (Lipinski definition) is 2. The highest BCUT2D eigenvalue weighted by molar-refractivity contribution is 5.68. The maximum Gasteiger partial charge on any atom is 0.303 e. The fourth-order valence-electron chi connectivity index (χ4n) is 1.69. The molecule has 0 amide bonds. The van der Waals surface area contributed by atoms with Gasteiger partial charge in [-0.2, -0.15) is 0 Å². The third-order valence-corrected chi connectivity index (χ3v) is 2.61. The lowest BCUT2D eigenvalue weighted by molar-refractivity contribution is -0.143. The fraction of sp³-hybridized carbons (Fsp3) is 0.846. The Balaban J connectivity index is 0. The molecule has 0 aromatic rings. The predicted molar refractivity (Wildman–Crippen MR) is 76.5 cm³/mol. The molecule has 1 fully saturated rings. The van der Waals surface area contributed by atoms with Crippen LogP contribution in [0.25, 0.3) is 0 Å². The summed E-state index contributed by atoms with van der Waals surface area (Å²) in [5.74, 6) is -0.424. The number of carbonyl (C=O) groups excluding carboxylic acids is 2. The molecule has 0 aromatic carbocycles. The van der Waals surface area contributed by atoms with E-state index in [4.69, 9.17) is 5.73 Å². The molecule has 3 N–H and O–H groups in total. The Kier molecular flexibility index (Phi) is 14.4. The minimum absolute atomic E-state index is 0.0532. The highest BCUT2D eigenvalue weighted by atomic mass is 16.5. The Morgan fingerprint density at radius 2 is 2.16 bits per heavy atom. The van der Waals surface area contributed by atoms with E-state index in [1.54, 1.807) is 0 Å². The molecule has 0 saturated carbocycles. The van der Waals surface area contributed by atoms with Gasteiger partial charge in [0.25, 0.3) is 0 Å². The Hall–Kier alpha value is -0.980. The van der Waals surface area contributed by atoms with Crippen molar-refractivity contribution >= 4 is 12.3 Å². The molecule has 1 aliphatic heterocycles. The number of hydrogen-bond acceptors (Lipinski definition) is 6. The van der Waals surface area contributed by atoms with Gasteiger partial charge < -0.3 is 10.5 Å². The first kappa shape index (κ1) is 20.3. The van der Waals surface area contributed by atoms with Gasteiger partial charge in [0.15, 0.2) is 6.29 Å². The number of nitrogens with one attached hydrogen (secondary N) is 1. The first-order valence-electron chi connectivity index (χ1n) is 6.78. The summed E-state index contributed by atoms with van der Waals surface area (Å²) < 4.78 is 4.18. The summed E-state index contributed by atoms with van der Waals surface area (Å²) in [7, 11) is 1.90. The Bertz CT molecular complexity index is 237. The summed E-state index contributed by atoms with van der Waals surface area (Å²) in [4.78, 5) is 21.5. The van der Waals surface area contributed by atoms with Crippen LogP contribution in [0.2, 0.25) is 0 Å². The predicted octanol–water partition coefficient (Wildman–Crippen LogP) is 0.707. The maximum absolute atomic E-state index is 9.82. The Morgan fingerprint density at radius 1 is 1.58 bits per heavy atom. The molecule has 1 heterocycles. The van der Waals surface area contributed by atoms with Gasteiger partial charge in [-0.05, 0) is 26.8 Å². The van der Waals surface area contributed by atoms with Gasteiger partial charge in [-0.25, -0.2) is 0 Å². The van der Waals surface area contributed by atoms with E-state index in [1.807, 2.05) is 20.9 Å². The Labute approximate surface area is 116 Å². The van der Waals surface area contributed by atoms with Crippen molar-refractivity contribution in [3.05, 3.63) is 0 Å². The van der Waals surface area contributed by atoms with Crippen LogP contribution in [0.15, 0.2) is 0 Å². The normalized spacial score (nSPS) is 19.4. The van der Waals surface area contributed by atoms with Crippen LogP contribution in [0.1, 0.15) is 40.5 Å². The third kappa shape index (κ3) is 10.6. The first-order chi connectivity index (χ1) is 9.02. The third-order valence-electron chi connectivity index (χ3n) is 2.61. The zero-order chi connectivity index (χ0) is 15.3. The van der Waals surface area contributed by atoms with Gasteiger partial charge in [0.05, 0.1) is 0 Å². The lowest BCUT2D eigenvalue weighted by atomic mass is 10.2. The Morgan fingerprint density at radius 3 is 2.42 bits per heavy atom. The standard InChI is InChI=1S/C7H17N3.C4H6O3.C2H6/c1-6-4-3-5-10(6)7(8)9-2;1-4(6)7-3-2-5;1-2/h6-7,9H,3-5,8H2,1-2H3;2H,3H2,1H3;1-2H3. The van der Waals surface area contributed by atoms with Gasteiger partial charge in [-0.1, -0.05) is 13.8 Å². The molecule has 1 aliphatic rings. The van der Waals surface area contributed by atoms with Crippen LogP contribution >= 0.6 is 0 Å². The number of likely N-dealkylation sites (tertiary alicyclic amines) is 1. The van der Waals surface area contributed by atoms with Gasteiger partial charge in [-0.3, -0.25) is 19.8 Å². The largest absolute Gasteiger partial charge is 0.458 e. The molecular formula is C13H29N3O3. The van der Waals surface area contributed by atoms with Crippen molar-refractivity contribution in [3.63, 3.8) is 0 Å². The topological polar surface area (TPSA) is 84.7 Å². The molecule has 0 aromatic heterocycles. The minimum Gasteiger partial charge on any atom is -0.458 e. The molecule has 2 atom stereocenters. The molecule has 114 valence electrons. The number of rotatable bonds is 4. The molecular weight excluding hydrogens is 246 g/mol. The lowest BCUT2D eigenvalue weighted by Crippen LogP contribution is -2.51. The van der Waals surface area contributed by atoms with Gasteiger partial charge in [0, 0.05) is 19.5 Å². The summed E-state index contributed by atoms with van der Waals surface area (Å²) in [5.41, 5.74) is 5.78. The van der Waals surface area contributed by atoms with Crippen LogP contribution in [0.3, 0.4) is 0 Å². The SMILES string of the molecule is CC.CC(=O)OCC=O.CNC(N)N1CCCC1C. The summed E-state index contributed by atoms with van der Waals surface area (Å²) in [6.07, 6.45) is 3.16. The zero-order valence-corrected chi connectivity index (χ0v) is 12.8. The molecule has 6 heteroatoms. The van der Waals surface area contributed by atoms with Crippen molar-refractivity contribution in [1.29, 1.82) is 0 Å². The summed E-state index contributed by atoms with van der Waals surface area (Å²) in [5, 5.41) is 3.04. The number of ether oxygens (including phenoxy) is 1. The lowest BCUT2D eigenvalue weighted by Gasteiger charge is -2.27. The average Bonchev–Trinajstić information content (AvgIpc) is 2.84. The fourth-order valence-corrected chi connectivity index (χ4v) is 1.69. The van der Waals surface area contributed by atoms with Gasteiger partial charge in [0.2, 0.25) is 0 Å². The van der Waals surface area contributed by atoms with Crippen LogP contribution in [-0.2, 0) is 14.3 Å². The smallest absolute Gasteiger partial charge is 0.303 e. The van der Waals surface area contributed by atoms with Crippen molar-refractivity contribution in [2.75, 3.05) is 20.2 Å². The van der Waals surface area contributed by atoms with E-state index in [9.17, 15) is 9.59 Å². The molecule has 19 heavy (non-hydrogen) atoms. The number of nitrogens with zero attached hydrogens (tertiary/aromatic N) is 1. The second kappa shape index (κ2) is 13.5. The summed E-state index contributed by atoms with van der Waals surface area (Å²) in [6, 6.07) is 0.655. The molecule has 0 bridgehead atoms. The molecule has 1 rings (SSSR count). The van der Waals surface area contributed by atoms with Crippen LogP contribution in [0.5, 0.6) is 0 Å². The van der Waals surface area contributed by atoms with E-state index >= 15 is 0 Å². The second-order valence-corrected chi connectivity index (χ2v) is 3.93. The number of nitrogens with two attached hydrogens (primary N) is 1. The molecule has 0 radical (unpaired) electrons. The van der Waals surface area contributed by atoms with Crippen LogP contribution in [0, 0.1) is 0 Å². The van der Waals surface area contributed by atoms with Crippen molar-refractivity contribution in [3.8, 4) is 0 Å². The van der Waals surface area contributed by atoms with Crippen molar-refractivity contribution in [2.24, 2.45) is 5.73 Å². The van der Waals surface area contributed by atoms with E-state index < -0.39 is 5.97 Å². The number of aldehydes is 1. The van der Waals surface area contributed by atoms with Crippen LogP contribution < -0.4 is 11.1 Å². The molecule has 2 unspecified atom stereocenters. The summed E-state index contributed by atoms with van der Waals surface area (Å²) >= 11 is 0. The van der Waals surface area contributed by atoms with Crippen molar-refractivity contribution in [2.45, 2.75) is 52.9 Å². The minimum atomic E-state index is -0.424. The van der Waals surface area contributed by atoms with E-state index in [2.05, 4.69) is 21.9 Å². The molecule has 0 spiro atoms. The quantitative estimate of drug-likeness (QED) is 0.446. The van der Waals surface area contributed by atoms with Crippen molar-refractivity contribution < 1.29 is 14.3 Å². The number of carbonyl (C=O) groups is 2. The highest BCUT2D eigenvalue weighted by Crippen LogP contribution is 2.16. The second-order valence-electron chi connectivity index (χ2n) is 3.93. The number of esters is 1. The maximum atomic E-state index is 9.82. The molecule has 0 aliphatic carbocycles. The monoisotopic (exact) mass is 275 g/mol. The molecule has 1 saturated heterocycles. The van der Waals surface area contributed by atoms with E-state index in [0.29, 0.717) is 12.3 Å². The van der Waals surface area contributed by atoms with Gasteiger partial charge in [0.1, 0.15) is 12.9 Å². The molecule has 6 nitrogen and oxygen atoms in total. The van der Waals surface area contributed by atoms with Crippen LogP contribution in [-0.4, -0.2) is 49.7 Å². The van der Waals surface area contributed by atoms with E-state index in [1.165, 1.54) is 19.8 Å². The van der Waals surface area contributed by atoms with Crippen LogP contribution in [0.4, 0.5) is 0 Å². The van der Waals surface area contributed by atoms with Crippen molar-refractivity contribution in [1.82, 2.24) is 10.2 Å². The van der Waals surface area contributed by atoms with Gasteiger partial charge in [-0.15, -0.1) is 0 Å². The van der Waals surface area contributed by atoms with E-state index in [0.717, 1.165) is 6.54 Å². The zero-order valence-electron chi connectivity index (χ0n) is 12.8. The van der Waals surface area contributed by atoms with Gasteiger partial charge >= 0.3 is 5.97 Å². The highest BCUT2D eigenvalue weighted by Gasteiger charge is 2.23. The van der Waals surface area contributed by atoms with E-state index in [-0.39, 0.29) is 12.9 Å². The first-order valence-corrected chi connectivity index (χ1v) is 6.78. The average molecular weight is 275 g/mol.